The molecular weight excluding hydrogens is 252 g/mol. The minimum atomic E-state index is 0.257. The van der Waals surface area contributed by atoms with E-state index >= 15 is 0 Å². The third-order valence-electron chi connectivity index (χ3n) is 3.25. The highest BCUT2D eigenvalue weighted by atomic mass is 32.1. The Labute approximate surface area is 123 Å². The first-order valence-corrected chi connectivity index (χ1v) is 7.50. The molecule has 3 heteroatoms. The van der Waals surface area contributed by atoms with Gasteiger partial charge >= 0.3 is 0 Å². The van der Waals surface area contributed by atoms with Gasteiger partial charge in [-0.1, -0.05) is 52.0 Å². The Morgan fingerprint density at radius 2 is 1.58 bits per heavy atom. The largest absolute Gasteiger partial charge is 0.363 e. The number of hydrogen-bond donors (Lipinski definition) is 2. The molecule has 19 heavy (non-hydrogen) atoms. The number of rotatable bonds is 5. The molecule has 2 nitrogen and oxygen atoms in total. The Bertz CT molecular complexity index is 396. The third-order valence-corrected chi connectivity index (χ3v) is 3.52. The van der Waals surface area contributed by atoms with Gasteiger partial charge in [0.2, 0.25) is 0 Å². The molecule has 0 aliphatic heterocycles. The quantitative estimate of drug-likeness (QED) is 0.796. The topological polar surface area (TPSA) is 24.1 Å². The molecule has 0 amide bonds. The van der Waals surface area contributed by atoms with Crippen LogP contribution in [-0.4, -0.2) is 11.7 Å². The highest BCUT2D eigenvalue weighted by Crippen LogP contribution is 2.23. The lowest BCUT2D eigenvalue weighted by molar-refractivity contribution is 0.469. The molecule has 1 aromatic rings. The first-order valence-electron chi connectivity index (χ1n) is 7.09. The predicted molar refractivity (Wildman–Crippen MR) is 87.5 cm³/mol. The molecule has 0 aromatic heterocycles. The van der Waals surface area contributed by atoms with Gasteiger partial charge in [0.05, 0.1) is 6.04 Å². The van der Waals surface area contributed by atoms with Crippen LogP contribution < -0.4 is 10.6 Å². The van der Waals surface area contributed by atoms with E-state index in [1.54, 1.807) is 0 Å². The molecular formula is C16H26N2S. The van der Waals surface area contributed by atoms with Crippen LogP contribution in [0.3, 0.4) is 0 Å². The third kappa shape index (κ3) is 4.83. The lowest BCUT2D eigenvalue weighted by Gasteiger charge is -2.25. The predicted octanol–water partition coefficient (Wildman–Crippen LogP) is 3.99. The van der Waals surface area contributed by atoms with Gasteiger partial charge < -0.3 is 10.6 Å². The molecule has 106 valence electrons. The van der Waals surface area contributed by atoms with Crippen LogP contribution in [0.4, 0.5) is 0 Å². The van der Waals surface area contributed by atoms with Crippen molar-refractivity contribution in [3.63, 3.8) is 0 Å². The number of benzene rings is 1. The Balaban J connectivity index is 2.84. The zero-order chi connectivity index (χ0) is 14.4. The van der Waals surface area contributed by atoms with Gasteiger partial charge in [0.25, 0.3) is 0 Å². The number of hydrogen-bond acceptors (Lipinski definition) is 1. The van der Waals surface area contributed by atoms with Crippen LogP contribution in [0.15, 0.2) is 24.3 Å². The van der Waals surface area contributed by atoms with Gasteiger partial charge in [0.15, 0.2) is 5.11 Å². The second-order valence-electron chi connectivity index (χ2n) is 5.55. The number of nitrogens with one attached hydrogen (secondary N) is 2. The van der Waals surface area contributed by atoms with Crippen molar-refractivity contribution < 1.29 is 0 Å². The number of thiocarbonyl (C=S) groups is 1. The van der Waals surface area contributed by atoms with E-state index in [1.807, 2.05) is 0 Å². The van der Waals surface area contributed by atoms with Crippen LogP contribution >= 0.6 is 12.2 Å². The van der Waals surface area contributed by atoms with E-state index in [2.05, 4.69) is 69.5 Å². The summed E-state index contributed by atoms with van der Waals surface area (Å²) in [5.41, 5.74) is 2.67. The van der Waals surface area contributed by atoms with Crippen molar-refractivity contribution in [1.82, 2.24) is 10.6 Å². The summed E-state index contributed by atoms with van der Waals surface area (Å²) in [6, 6.07) is 9.11. The first kappa shape index (κ1) is 16.0. The van der Waals surface area contributed by atoms with E-state index < -0.39 is 0 Å². The van der Waals surface area contributed by atoms with Crippen molar-refractivity contribution in [3.8, 4) is 0 Å². The monoisotopic (exact) mass is 278 g/mol. The van der Waals surface area contributed by atoms with E-state index in [-0.39, 0.29) is 6.04 Å². The molecule has 0 heterocycles. The molecule has 0 radical (unpaired) electrons. The van der Waals surface area contributed by atoms with Gasteiger partial charge in [-0.25, -0.2) is 0 Å². The zero-order valence-electron chi connectivity index (χ0n) is 12.7. The van der Waals surface area contributed by atoms with Crippen LogP contribution in [0.5, 0.6) is 0 Å². The lowest BCUT2D eigenvalue weighted by atomic mass is 9.93. The average molecular weight is 278 g/mol. The summed E-state index contributed by atoms with van der Waals surface area (Å²) in [5.74, 6) is 1.06. The SMILES string of the molecule is CCNC(=S)N[C@@H](c1ccc(C(C)C)cc1)C(C)C. The van der Waals surface area contributed by atoms with Crippen molar-refractivity contribution in [2.45, 2.75) is 46.6 Å². The maximum absolute atomic E-state index is 5.29. The van der Waals surface area contributed by atoms with Gasteiger partial charge in [-0.2, -0.15) is 0 Å². The second-order valence-corrected chi connectivity index (χ2v) is 5.96. The van der Waals surface area contributed by atoms with Crippen LogP contribution in [0.2, 0.25) is 0 Å². The highest BCUT2D eigenvalue weighted by molar-refractivity contribution is 7.80. The summed E-state index contributed by atoms with van der Waals surface area (Å²) in [6.07, 6.45) is 0. The van der Waals surface area contributed by atoms with Crippen molar-refractivity contribution >= 4 is 17.3 Å². The Hall–Kier alpha value is -1.09. The fraction of sp³-hybridized carbons (Fsp3) is 0.562. The molecule has 1 aromatic carbocycles. The lowest BCUT2D eigenvalue weighted by Crippen LogP contribution is -2.39. The highest BCUT2D eigenvalue weighted by Gasteiger charge is 2.16. The Morgan fingerprint density at radius 1 is 1.05 bits per heavy atom. The molecule has 0 aliphatic carbocycles. The van der Waals surface area contributed by atoms with Gasteiger partial charge in [-0.05, 0) is 42.1 Å². The van der Waals surface area contributed by atoms with Crippen molar-refractivity contribution in [2.24, 2.45) is 5.92 Å². The fourth-order valence-corrected chi connectivity index (χ4v) is 2.35. The summed E-state index contributed by atoms with van der Waals surface area (Å²) in [6.45, 7) is 11.8. The smallest absolute Gasteiger partial charge is 0.166 e. The molecule has 1 atom stereocenters. The van der Waals surface area contributed by atoms with Crippen LogP contribution in [0.1, 0.15) is 57.7 Å². The van der Waals surface area contributed by atoms with E-state index in [0.717, 1.165) is 11.7 Å². The fourth-order valence-electron chi connectivity index (χ4n) is 2.08. The molecule has 0 saturated heterocycles. The second kappa shape index (κ2) is 7.49. The molecule has 0 fully saturated rings. The summed E-state index contributed by atoms with van der Waals surface area (Å²) in [5, 5.41) is 7.28. The molecule has 1 rings (SSSR count). The maximum atomic E-state index is 5.29. The van der Waals surface area contributed by atoms with Gasteiger partial charge in [-0.3, -0.25) is 0 Å². The van der Waals surface area contributed by atoms with Gasteiger partial charge in [-0.15, -0.1) is 0 Å². The van der Waals surface area contributed by atoms with Crippen molar-refractivity contribution in [2.75, 3.05) is 6.54 Å². The molecule has 2 N–H and O–H groups in total. The maximum Gasteiger partial charge on any atom is 0.166 e. The van der Waals surface area contributed by atoms with Gasteiger partial charge in [0.1, 0.15) is 0 Å². The average Bonchev–Trinajstić information content (AvgIpc) is 2.36. The Kier molecular flexibility index (Phi) is 6.29. The summed E-state index contributed by atoms with van der Waals surface area (Å²) >= 11 is 5.29. The standard InChI is InChI=1S/C16H26N2S/c1-6-17-16(19)18-15(12(4)5)14-9-7-13(8-10-14)11(2)3/h7-12,15H,6H2,1-5H3,(H2,17,18,19)/t15-/m1/s1. The van der Waals surface area contributed by atoms with Crippen LogP contribution in [0.25, 0.3) is 0 Å². The van der Waals surface area contributed by atoms with Crippen molar-refractivity contribution in [1.29, 1.82) is 0 Å². The Morgan fingerprint density at radius 3 is 2.00 bits per heavy atom. The van der Waals surface area contributed by atoms with Crippen molar-refractivity contribution in [3.05, 3.63) is 35.4 Å². The molecule has 0 aliphatic rings. The molecule has 0 bridgehead atoms. The van der Waals surface area contributed by atoms with E-state index in [1.165, 1.54) is 11.1 Å². The zero-order valence-corrected chi connectivity index (χ0v) is 13.5. The summed E-state index contributed by atoms with van der Waals surface area (Å²) < 4.78 is 0. The normalized spacial score (nSPS) is 12.6. The summed E-state index contributed by atoms with van der Waals surface area (Å²) in [7, 11) is 0. The molecule has 0 spiro atoms. The van der Waals surface area contributed by atoms with Gasteiger partial charge in [0, 0.05) is 6.54 Å². The summed E-state index contributed by atoms with van der Waals surface area (Å²) in [4.78, 5) is 0. The van der Waals surface area contributed by atoms with E-state index in [4.69, 9.17) is 12.2 Å². The van der Waals surface area contributed by atoms with E-state index in [9.17, 15) is 0 Å². The first-order chi connectivity index (χ1) is 8.95. The van der Waals surface area contributed by atoms with Crippen LogP contribution in [0, 0.1) is 5.92 Å². The minimum Gasteiger partial charge on any atom is -0.363 e. The molecule has 0 unspecified atom stereocenters. The molecule has 0 saturated carbocycles. The van der Waals surface area contributed by atoms with Crippen LogP contribution in [-0.2, 0) is 0 Å². The minimum absolute atomic E-state index is 0.257. The van der Waals surface area contributed by atoms with E-state index in [0.29, 0.717) is 11.8 Å².